The maximum atomic E-state index is 6.63. The highest BCUT2D eigenvalue weighted by Gasteiger charge is 2.39. The van der Waals surface area contributed by atoms with Crippen LogP contribution in [0.3, 0.4) is 0 Å². The molecule has 0 saturated carbocycles. The number of aryl methyl sites for hydroxylation is 2. The van der Waals surface area contributed by atoms with Gasteiger partial charge in [0.2, 0.25) is 8.32 Å². The molecule has 204 valence electrons. The molecule has 0 bridgehead atoms. The van der Waals surface area contributed by atoms with Crippen LogP contribution in [0.25, 0.3) is 11.1 Å². The van der Waals surface area contributed by atoms with Gasteiger partial charge in [0.25, 0.3) is 0 Å². The molecule has 0 spiro atoms. The Morgan fingerprint density at radius 3 is 1.90 bits per heavy atom. The van der Waals surface area contributed by atoms with Crippen molar-refractivity contribution in [2.24, 2.45) is 0 Å². The summed E-state index contributed by atoms with van der Waals surface area (Å²) in [6.07, 6.45) is 0.730. The number of halogens is 2. The van der Waals surface area contributed by atoms with Crippen LogP contribution in [-0.2, 0) is 6.42 Å². The van der Waals surface area contributed by atoms with E-state index in [1.807, 2.05) is 30.0 Å². The number of hydrogen-bond acceptors (Lipinski definition) is 2. The summed E-state index contributed by atoms with van der Waals surface area (Å²) in [5, 5.41) is 1.70. The second-order valence-electron chi connectivity index (χ2n) is 11.8. The molecule has 1 unspecified atom stereocenters. The van der Waals surface area contributed by atoms with Crippen LogP contribution in [0.2, 0.25) is 28.2 Å². The number of hydrogen-bond donors (Lipinski definition) is 0. The highest BCUT2D eigenvalue weighted by Crippen LogP contribution is 2.43. The van der Waals surface area contributed by atoms with Crippen LogP contribution >= 0.6 is 35.0 Å². The molecule has 4 rings (SSSR count). The average molecular weight is 594 g/mol. The Balaban J connectivity index is 1.64. The van der Waals surface area contributed by atoms with Crippen molar-refractivity contribution in [1.29, 1.82) is 0 Å². The Labute approximate surface area is 250 Å². The smallest absolute Gasteiger partial charge is 0.250 e. The van der Waals surface area contributed by atoms with Crippen molar-refractivity contribution in [3.8, 4) is 16.9 Å². The molecule has 0 radical (unpaired) electrons. The summed E-state index contributed by atoms with van der Waals surface area (Å²) in [5.41, 5.74) is 7.08. The highest BCUT2D eigenvalue weighted by atomic mass is 35.5. The molecule has 4 aromatic carbocycles. The van der Waals surface area contributed by atoms with Crippen molar-refractivity contribution in [3.05, 3.63) is 117 Å². The van der Waals surface area contributed by atoms with Crippen molar-refractivity contribution in [1.82, 2.24) is 0 Å². The standard InChI is InChI=1S/C34H38Cl2OSSi/c1-23-11-13-25(14-12-23)26-15-17-27(18-16-26)33(22-29-30(35)9-8-10-31(29)36)38-28-19-20-32(24(2)21-28)37-39(6,7)34(3,4)5/h8-21,33H,22H2,1-7H3. The van der Waals surface area contributed by atoms with E-state index in [1.54, 1.807) is 0 Å². The lowest BCUT2D eigenvalue weighted by Gasteiger charge is -2.37. The van der Waals surface area contributed by atoms with E-state index in [0.29, 0.717) is 10.0 Å². The molecule has 0 amide bonds. The van der Waals surface area contributed by atoms with E-state index in [0.717, 1.165) is 23.3 Å². The molecule has 5 heteroatoms. The highest BCUT2D eigenvalue weighted by molar-refractivity contribution is 7.99. The third kappa shape index (κ3) is 7.32. The number of benzene rings is 4. The minimum absolute atomic E-state index is 0.140. The first-order valence-corrected chi connectivity index (χ1v) is 17.9. The lowest BCUT2D eigenvalue weighted by Crippen LogP contribution is -2.44. The quantitative estimate of drug-likeness (QED) is 0.148. The predicted octanol–water partition coefficient (Wildman–Crippen LogP) is 11.7. The zero-order chi connectivity index (χ0) is 28.4. The molecule has 0 aromatic heterocycles. The van der Waals surface area contributed by atoms with Gasteiger partial charge in [0.15, 0.2) is 0 Å². The predicted molar refractivity (Wildman–Crippen MR) is 174 cm³/mol. The zero-order valence-electron chi connectivity index (χ0n) is 23.9. The van der Waals surface area contributed by atoms with Gasteiger partial charge in [0.05, 0.1) is 0 Å². The van der Waals surface area contributed by atoms with Crippen molar-refractivity contribution in [2.45, 2.75) is 69.3 Å². The SMILES string of the molecule is Cc1ccc(-c2ccc(C(Cc3c(Cl)cccc3Cl)Sc3ccc(O[Si](C)(C)C(C)(C)C)c(C)c3)cc2)cc1. The second kappa shape index (κ2) is 12.1. The molecule has 39 heavy (non-hydrogen) atoms. The Morgan fingerprint density at radius 1 is 0.795 bits per heavy atom. The Kier molecular flexibility index (Phi) is 9.28. The molecule has 4 aromatic rings. The van der Waals surface area contributed by atoms with Crippen LogP contribution in [0, 0.1) is 13.8 Å². The summed E-state index contributed by atoms with van der Waals surface area (Å²) in [6.45, 7) is 15.6. The first kappa shape index (κ1) is 29.8. The van der Waals surface area contributed by atoms with E-state index < -0.39 is 8.32 Å². The van der Waals surface area contributed by atoms with E-state index in [-0.39, 0.29) is 10.3 Å². The van der Waals surface area contributed by atoms with E-state index in [4.69, 9.17) is 27.6 Å². The molecule has 0 heterocycles. The summed E-state index contributed by atoms with van der Waals surface area (Å²) in [6, 6.07) is 29.9. The van der Waals surface area contributed by atoms with E-state index in [2.05, 4.69) is 114 Å². The summed E-state index contributed by atoms with van der Waals surface area (Å²) < 4.78 is 6.63. The largest absolute Gasteiger partial charge is 0.543 e. The van der Waals surface area contributed by atoms with Crippen LogP contribution in [0.5, 0.6) is 5.75 Å². The van der Waals surface area contributed by atoms with Gasteiger partial charge in [0.1, 0.15) is 5.75 Å². The molecule has 1 nitrogen and oxygen atoms in total. The monoisotopic (exact) mass is 592 g/mol. The number of rotatable bonds is 8. The third-order valence-electron chi connectivity index (χ3n) is 7.71. The van der Waals surface area contributed by atoms with Gasteiger partial charge in [-0.15, -0.1) is 11.8 Å². The first-order valence-electron chi connectivity index (χ1n) is 13.4. The van der Waals surface area contributed by atoms with Crippen LogP contribution in [0.15, 0.2) is 89.8 Å². The van der Waals surface area contributed by atoms with Crippen LogP contribution in [0.1, 0.15) is 48.3 Å². The van der Waals surface area contributed by atoms with Crippen molar-refractivity contribution in [3.63, 3.8) is 0 Å². The van der Waals surface area contributed by atoms with Crippen LogP contribution in [-0.4, -0.2) is 8.32 Å². The summed E-state index contributed by atoms with van der Waals surface area (Å²) in [5.74, 6) is 0.985. The summed E-state index contributed by atoms with van der Waals surface area (Å²) in [7, 11) is -1.92. The van der Waals surface area contributed by atoms with E-state index in [9.17, 15) is 0 Å². The summed E-state index contributed by atoms with van der Waals surface area (Å²) >= 11 is 15.1. The number of thioether (sulfide) groups is 1. The van der Waals surface area contributed by atoms with Gasteiger partial charge in [0, 0.05) is 20.2 Å². The average Bonchev–Trinajstić information content (AvgIpc) is 2.87. The maximum absolute atomic E-state index is 6.63. The molecule has 0 saturated heterocycles. The molecular weight excluding hydrogens is 555 g/mol. The van der Waals surface area contributed by atoms with Crippen molar-refractivity contribution in [2.75, 3.05) is 0 Å². The molecule has 0 N–H and O–H groups in total. The third-order valence-corrected chi connectivity index (χ3v) is 14.0. The van der Waals surface area contributed by atoms with Gasteiger partial charge in [-0.1, -0.05) is 104 Å². The molecule has 1 atom stereocenters. The van der Waals surface area contributed by atoms with Gasteiger partial charge in [-0.3, -0.25) is 0 Å². The second-order valence-corrected chi connectivity index (χ2v) is 18.6. The van der Waals surface area contributed by atoms with Crippen molar-refractivity contribution < 1.29 is 4.43 Å². The van der Waals surface area contributed by atoms with Gasteiger partial charge in [-0.2, -0.15) is 0 Å². The Hall–Kier alpha value is -2.17. The topological polar surface area (TPSA) is 9.23 Å². The molecule has 0 fully saturated rings. The van der Waals surface area contributed by atoms with Gasteiger partial charge in [-0.05, 0) is 96.5 Å². The van der Waals surface area contributed by atoms with Gasteiger partial charge < -0.3 is 4.43 Å². The lowest BCUT2D eigenvalue weighted by atomic mass is 9.99. The van der Waals surface area contributed by atoms with Crippen LogP contribution < -0.4 is 4.43 Å². The van der Waals surface area contributed by atoms with Crippen molar-refractivity contribution >= 4 is 43.3 Å². The minimum atomic E-state index is -1.92. The van der Waals surface area contributed by atoms with E-state index in [1.165, 1.54) is 27.1 Å². The Morgan fingerprint density at radius 2 is 1.36 bits per heavy atom. The minimum Gasteiger partial charge on any atom is -0.543 e. The molecule has 0 aliphatic heterocycles. The summed E-state index contributed by atoms with van der Waals surface area (Å²) in [4.78, 5) is 1.20. The fourth-order valence-electron chi connectivity index (χ4n) is 4.18. The molecular formula is C34H38Cl2OSSi. The first-order chi connectivity index (χ1) is 18.3. The Bertz CT molecular complexity index is 1400. The van der Waals surface area contributed by atoms with Crippen LogP contribution in [0.4, 0.5) is 0 Å². The fraction of sp³-hybridized carbons (Fsp3) is 0.294. The van der Waals surface area contributed by atoms with E-state index >= 15 is 0 Å². The molecule has 0 aliphatic carbocycles. The van der Waals surface area contributed by atoms with Gasteiger partial charge >= 0.3 is 0 Å². The lowest BCUT2D eigenvalue weighted by molar-refractivity contribution is 0.489. The zero-order valence-corrected chi connectivity index (χ0v) is 27.3. The fourth-order valence-corrected chi connectivity index (χ4v) is 7.08. The normalized spacial score (nSPS) is 12.8. The van der Waals surface area contributed by atoms with Gasteiger partial charge in [-0.25, -0.2) is 0 Å². The maximum Gasteiger partial charge on any atom is 0.250 e. The molecule has 0 aliphatic rings.